The van der Waals surface area contributed by atoms with Crippen molar-refractivity contribution in [1.29, 1.82) is 0 Å². The van der Waals surface area contributed by atoms with Gasteiger partial charge in [0.25, 0.3) is 0 Å². The Kier molecular flexibility index (Phi) is 3.59. The third kappa shape index (κ3) is 3.05. The molecular weight excluding hydrogens is 201 g/mol. The molecule has 88 valence electrons. The van der Waals surface area contributed by atoms with Gasteiger partial charge in [-0.3, -0.25) is 0 Å². The summed E-state index contributed by atoms with van der Waals surface area (Å²) in [5, 5.41) is 3.47. The Hall–Kier alpha value is -0.890. The van der Waals surface area contributed by atoms with Gasteiger partial charge in [0.1, 0.15) is 5.82 Å². The first-order chi connectivity index (χ1) is 7.66. The Morgan fingerprint density at radius 1 is 1.31 bits per heavy atom. The summed E-state index contributed by atoms with van der Waals surface area (Å²) in [6.45, 7) is 4.22. The van der Waals surface area contributed by atoms with Gasteiger partial charge in [0.15, 0.2) is 0 Å². The molecule has 0 bridgehead atoms. The Balaban J connectivity index is 1.91. The van der Waals surface area contributed by atoms with E-state index in [0.29, 0.717) is 6.04 Å². The minimum Gasteiger partial charge on any atom is -0.308 e. The molecule has 1 N–H and O–H groups in total. The molecule has 2 rings (SSSR count). The molecule has 0 spiro atoms. The summed E-state index contributed by atoms with van der Waals surface area (Å²) in [5.41, 5.74) is 0.769. The highest BCUT2D eigenvalue weighted by Gasteiger charge is 2.24. The normalized spacial score (nSPS) is 19.4. The first kappa shape index (κ1) is 11.6. The molecular formula is C14H20FN. The van der Waals surface area contributed by atoms with Crippen LogP contribution in [-0.2, 0) is 0 Å². The molecule has 1 saturated carbocycles. The molecule has 0 saturated heterocycles. The van der Waals surface area contributed by atoms with Crippen molar-refractivity contribution in [2.24, 2.45) is 5.92 Å². The molecule has 1 aromatic carbocycles. The van der Waals surface area contributed by atoms with Crippen molar-refractivity contribution in [1.82, 2.24) is 5.32 Å². The predicted molar refractivity (Wildman–Crippen MR) is 64.8 cm³/mol. The summed E-state index contributed by atoms with van der Waals surface area (Å²) in [5.74, 6) is 0.802. The molecule has 1 aliphatic rings. The van der Waals surface area contributed by atoms with Crippen molar-refractivity contribution in [2.45, 2.75) is 45.2 Å². The number of hydrogen-bond donors (Lipinski definition) is 1. The van der Waals surface area contributed by atoms with Crippen LogP contribution in [0.2, 0.25) is 0 Å². The van der Waals surface area contributed by atoms with Crippen molar-refractivity contribution in [3.8, 4) is 0 Å². The molecule has 0 amide bonds. The SMILES string of the molecule is CC(CC1CC1)NC(C)c1ccccc1F. The molecule has 1 aliphatic carbocycles. The van der Waals surface area contributed by atoms with Crippen LogP contribution in [-0.4, -0.2) is 6.04 Å². The fourth-order valence-electron chi connectivity index (χ4n) is 2.26. The molecule has 0 radical (unpaired) electrons. The fourth-order valence-corrected chi connectivity index (χ4v) is 2.26. The lowest BCUT2D eigenvalue weighted by atomic mass is 10.1. The van der Waals surface area contributed by atoms with Gasteiger partial charge in [-0.2, -0.15) is 0 Å². The highest BCUT2D eigenvalue weighted by molar-refractivity contribution is 5.20. The van der Waals surface area contributed by atoms with E-state index in [-0.39, 0.29) is 11.9 Å². The molecule has 0 aliphatic heterocycles. The lowest BCUT2D eigenvalue weighted by Crippen LogP contribution is -2.29. The van der Waals surface area contributed by atoms with Gasteiger partial charge in [-0.05, 0) is 32.3 Å². The van der Waals surface area contributed by atoms with Crippen LogP contribution in [0.25, 0.3) is 0 Å². The minimum absolute atomic E-state index is 0.0925. The van der Waals surface area contributed by atoms with Crippen LogP contribution in [0.4, 0.5) is 4.39 Å². The lowest BCUT2D eigenvalue weighted by molar-refractivity contribution is 0.428. The van der Waals surface area contributed by atoms with Gasteiger partial charge in [0, 0.05) is 17.6 Å². The quantitative estimate of drug-likeness (QED) is 0.800. The first-order valence-corrected chi connectivity index (χ1v) is 6.17. The van der Waals surface area contributed by atoms with E-state index < -0.39 is 0 Å². The average molecular weight is 221 g/mol. The van der Waals surface area contributed by atoms with Gasteiger partial charge >= 0.3 is 0 Å². The van der Waals surface area contributed by atoms with Gasteiger partial charge in [0.2, 0.25) is 0 Å². The fraction of sp³-hybridized carbons (Fsp3) is 0.571. The van der Waals surface area contributed by atoms with E-state index in [1.165, 1.54) is 25.3 Å². The van der Waals surface area contributed by atoms with Crippen molar-refractivity contribution < 1.29 is 4.39 Å². The van der Waals surface area contributed by atoms with Gasteiger partial charge in [-0.25, -0.2) is 4.39 Å². The standard InChI is InChI=1S/C14H20FN/c1-10(9-12-7-8-12)16-11(2)13-5-3-4-6-14(13)15/h3-6,10-12,16H,7-9H2,1-2H3. The van der Waals surface area contributed by atoms with Gasteiger partial charge < -0.3 is 5.32 Å². The molecule has 2 heteroatoms. The topological polar surface area (TPSA) is 12.0 Å². The number of rotatable bonds is 5. The Morgan fingerprint density at radius 2 is 2.00 bits per heavy atom. The molecule has 1 aromatic rings. The van der Waals surface area contributed by atoms with E-state index in [1.54, 1.807) is 6.07 Å². The molecule has 0 heterocycles. The van der Waals surface area contributed by atoms with Gasteiger partial charge in [0.05, 0.1) is 0 Å². The van der Waals surface area contributed by atoms with E-state index >= 15 is 0 Å². The van der Waals surface area contributed by atoms with E-state index in [0.717, 1.165) is 11.5 Å². The van der Waals surface area contributed by atoms with E-state index in [2.05, 4.69) is 12.2 Å². The maximum absolute atomic E-state index is 13.5. The largest absolute Gasteiger partial charge is 0.308 e. The maximum atomic E-state index is 13.5. The Labute approximate surface area is 97.1 Å². The third-order valence-electron chi connectivity index (χ3n) is 3.29. The molecule has 0 aromatic heterocycles. The van der Waals surface area contributed by atoms with Crippen LogP contribution >= 0.6 is 0 Å². The van der Waals surface area contributed by atoms with Crippen molar-refractivity contribution in [3.05, 3.63) is 35.6 Å². The number of nitrogens with one attached hydrogen (secondary N) is 1. The predicted octanol–water partition coefficient (Wildman–Crippen LogP) is 3.66. The highest BCUT2D eigenvalue weighted by Crippen LogP contribution is 2.33. The number of halogens is 1. The summed E-state index contributed by atoms with van der Waals surface area (Å²) in [7, 11) is 0. The molecule has 2 atom stereocenters. The van der Waals surface area contributed by atoms with Gasteiger partial charge in [-0.1, -0.05) is 31.0 Å². The van der Waals surface area contributed by atoms with E-state index in [9.17, 15) is 4.39 Å². The zero-order chi connectivity index (χ0) is 11.5. The van der Waals surface area contributed by atoms with Crippen LogP contribution in [0, 0.1) is 11.7 Å². The zero-order valence-corrected chi connectivity index (χ0v) is 10.0. The van der Waals surface area contributed by atoms with Crippen molar-refractivity contribution in [3.63, 3.8) is 0 Å². The van der Waals surface area contributed by atoms with Crippen LogP contribution in [0.3, 0.4) is 0 Å². The second-order valence-electron chi connectivity index (χ2n) is 4.99. The third-order valence-corrected chi connectivity index (χ3v) is 3.29. The highest BCUT2D eigenvalue weighted by atomic mass is 19.1. The van der Waals surface area contributed by atoms with Crippen LogP contribution in [0.1, 0.15) is 44.7 Å². The summed E-state index contributed by atoms with van der Waals surface area (Å²) in [6.07, 6.45) is 3.97. The molecule has 1 fully saturated rings. The summed E-state index contributed by atoms with van der Waals surface area (Å²) < 4.78 is 13.5. The number of hydrogen-bond acceptors (Lipinski definition) is 1. The summed E-state index contributed by atoms with van der Waals surface area (Å²) in [4.78, 5) is 0. The molecule has 2 unspecified atom stereocenters. The summed E-state index contributed by atoms with van der Waals surface area (Å²) in [6, 6.07) is 7.58. The zero-order valence-electron chi connectivity index (χ0n) is 10.0. The van der Waals surface area contributed by atoms with Crippen LogP contribution in [0.15, 0.2) is 24.3 Å². The van der Waals surface area contributed by atoms with Gasteiger partial charge in [-0.15, -0.1) is 0 Å². The maximum Gasteiger partial charge on any atom is 0.127 e. The van der Waals surface area contributed by atoms with E-state index in [1.807, 2.05) is 19.1 Å². The van der Waals surface area contributed by atoms with Crippen LogP contribution in [0.5, 0.6) is 0 Å². The molecule has 1 nitrogen and oxygen atoms in total. The second kappa shape index (κ2) is 4.96. The molecule has 16 heavy (non-hydrogen) atoms. The van der Waals surface area contributed by atoms with E-state index in [4.69, 9.17) is 0 Å². The van der Waals surface area contributed by atoms with Crippen molar-refractivity contribution >= 4 is 0 Å². The monoisotopic (exact) mass is 221 g/mol. The minimum atomic E-state index is -0.110. The smallest absolute Gasteiger partial charge is 0.127 e. The van der Waals surface area contributed by atoms with Crippen LogP contribution < -0.4 is 5.32 Å². The lowest BCUT2D eigenvalue weighted by Gasteiger charge is -2.20. The number of benzene rings is 1. The van der Waals surface area contributed by atoms with Crippen molar-refractivity contribution in [2.75, 3.05) is 0 Å². The Bertz CT molecular complexity index is 346. The summed E-state index contributed by atoms with van der Waals surface area (Å²) >= 11 is 0. The Morgan fingerprint density at radius 3 is 2.62 bits per heavy atom. The average Bonchev–Trinajstić information content (AvgIpc) is 3.01. The second-order valence-corrected chi connectivity index (χ2v) is 4.99. The first-order valence-electron chi connectivity index (χ1n) is 6.17.